The first-order chi connectivity index (χ1) is 18.6. The van der Waals surface area contributed by atoms with Gasteiger partial charge >= 0.3 is 5.97 Å². The fourth-order valence-corrected chi connectivity index (χ4v) is 3.37. The van der Waals surface area contributed by atoms with E-state index in [9.17, 15) is 9.59 Å². The summed E-state index contributed by atoms with van der Waals surface area (Å²) in [5.41, 5.74) is 5.19. The maximum absolute atomic E-state index is 12.4. The van der Waals surface area contributed by atoms with E-state index in [1.165, 1.54) is 6.21 Å². The van der Waals surface area contributed by atoms with Gasteiger partial charge in [0.25, 0.3) is 5.91 Å². The molecule has 0 aliphatic rings. The quantitative estimate of drug-likeness (QED) is 0.116. The number of amides is 1. The third-order valence-electron chi connectivity index (χ3n) is 5.40. The highest BCUT2D eigenvalue weighted by molar-refractivity contribution is 5.95. The molecule has 0 aromatic heterocycles. The van der Waals surface area contributed by atoms with Gasteiger partial charge < -0.3 is 14.2 Å². The van der Waals surface area contributed by atoms with Crippen LogP contribution in [0.2, 0.25) is 0 Å². The van der Waals surface area contributed by atoms with Gasteiger partial charge in [0, 0.05) is 5.56 Å². The van der Waals surface area contributed by atoms with E-state index in [0.29, 0.717) is 41.6 Å². The second-order valence-electron chi connectivity index (χ2n) is 8.33. The third-order valence-corrected chi connectivity index (χ3v) is 5.40. The molecule has 192 valence electrons. The van der Waals surface area contributed by atoms with Crippen molar-refractivity contribution in [1.82, 2.24) is 5.43 Å². The Morgan fingerprint density at radius 1 is 0.737 bits per heavy atom. The Balaban J connectivity index is 1.23. The number of esters is 1. The summed E-state index contributed by atoms with van der Waals surface area (Å²) in [5.74, 6) is 0.985. The van der Waals surface area contributed by atoms with Gasteiger partial charge in [0.05, 0.1) is 18.4 Å². The Bertz CT molecular complexity index is 1350. The molecular weight excluding hydrogens is 480 g/mol. The molecule has 7 heteroatoms. The molecule has 0 aliphatic carbocycles. The molecule has 0 atom stereocenters. The number of carbonyl (C=O) groups excluding carboxylic acids is 2. The van der Waals surface area contributed by atoms with Crippen molar-refractivity contribution in [3.05, 3.63) is 125 Å². The molecule has 4 aromatic carbocycles. The van der Waals surface area contributed by atoms with Crippen LogP contribution in [0.5, 0.6) is 17.2 Å². The Hall–Kier alpha value is -4.91. The van der Waals surface area contributed by atoms with E-state index in [1.54, 1.807) is 72.8 Å². The molecule has 0 unspecified atom stereocenters. The highest BCUT2D eigenvalue weighted by Gasteiger charge is 2.09. The number of hydrogen-bond acceptors (Lipinski definition) is 6. The monoisotopic (exact) mass is 508 g/mol. The number of rotatable bonds is 11. The standard InChI is InChI=1S/C31H28N2O5/c1-2-20-36-27-18-12-26(13-19-27)31(35)38-29-14-8-23(9-15-29)21-32-33-30(34)25-10-16-28(17-11-25)37-22-24-6-4-3-5-7-24/h3-19,21H,2,20,22H2,1H3,(H,33,34)/b32-21-. The van der Waals surface area contributed by atoms with Crippen molar-refractivity contribution in [3.8, 4) is 17.2 Å². The van der Waals surface area contributed by atoms with Gasteiger partial charge in [-0.15, -0.1) is 0 Å². The van der Waals surface area contributed by atoms with Gasteiger partial charge in [-0.3, -0.25) is 4.79 Å². The number of hydrazone groups is 1. The minimum Gasteiger partial charge on any atom is -0.494 e. The van der Waals surface area contributed by atoms with Crippen LogP contribution in [0.4, 0.5) is 0 Å². The lowest BCUT2D eigenvalue weighted by Crippen LogP contribution is -2.17. The molecule has 38 heavy (non-hydrogen) atoms. The molecule has 0 saturated heterocycles. The van der Waals surface area contributed by atoms with Crippen molar-refractivity contribution >= 4 is 18.1 Å². The summed E-state index contributed by atoms with van der Waals surface area (Å²) in [6.45, 7) is 3.11. The zero-order valence-electron chi connectivity index (χ0n) is 21.0. The van der Waals surface area contributed by atoms with Crippen LogP contribution in [-0.4, -0.2) is 24.7 Å². The van der Waals surface area contributed by atoms with E-state index in [2.05, 4.69) is 10.5 Å². The van der Waals surface area contributed by atoms with E-state index >= 15 is 0 Å². The van der Waals surface area contributed by atoms with Crippen LogP contribution in [0.15, 0.2) is 108 Å². The smallest absolute Gasteiger partial charge is 0.343 e. The lowest BCUT2D eigenvalue weighted by atomic mass is 10.2. The second-order valence-corrected chi connectivity index (χ2v) is 8.33. The number of nitrogens with one attached hydrogen (secondary N) is 1. The maximum atomic E-state index is 12.4. The molecule has 1 N–H and O–H groups in total. The van der Waals surface area contributed by atoms with Gasteiger partial charge in [-0.25, -0.2) is 10.2 Å². The fourth-order valence-electron chi connectivity index (χ4n) is 3.37. The molecule has 0 fully saturated rings. The third kappa shape index (κ3) is 7.80. The molecule has 0 radical (unpaired) electrons. The summed E-state index contributed by atoms with van der Waals surface area (Å²) in [7, 11) is 0. The summed E-state index contributed by atoms with van der Waals surface area (Å²) in [4.78, 5) is 24.8. The largest absolute Gasteiger partial charge is 0.494 e. The zero-order chi connectivity index (χ0) is 26.6. The molecule has 0 heterocycles. The fraction of sp³-hybridized carbons (Fsp3) is 0.129. The summed E-state index contributed by atoms with van der Waals surface area (Å²) < 4.78 is 16.7. The summed E-state index contributed by atoms with van der Waals surface area (Å²) >= 11 is 0. The predicted octanol–water partition coefficient (Wildman–Crippen LogP) is 6.04. The zero-order valence-corrected chi connectivity index (χ0v) is 21.0. The normalized spacial score (nSPS) is 10.7. The van der Waals surface area contributed by atoms with Crippen molar-refractivity contribution in [2.75, 3.05) is 6.61 Å². The van der Waals surface area contributed by atoms with Crippen LogP contribution in [0, 0.1) is 0 Å². The van der Waals surface area contributed by atoms with Crippen molar-refractivity contribution in [1.29, 1.82) is 0 Å². The highest BCUT2D eigenvalue weighted by atomic mass is 16.5. The van der Waals surface area contributed by atoms with Gasteiger partial charge in [0.2, 0.25) is 0 Å². The number of ether oxygens (including phenoxy) is 3. The van der Waals surface area contributed by atoms with Gasteiger partial charge in [-0.2, -0.15) is 5.10 Å². The molecular formula is C31H28N2O5. The van der Waals surface area contributed by atoms with E-state index in [-0.39, 0.29) is 5.91 Å². The van der Waals surface area contributed by atoms with Crippen LogP contribution in [0.25, 0.3) is 0 Å². The van der Waals surface area contributed by atoms with Crippen LogP contribution in [0.1, 0.15) is 45.2 Å². The average molecular weight is 509 g/mol. The van der Waals surface area contributed by atoms with Crippen molar-refractivity contribution in [2.24, 2.45) is 5.10 Å². The molecule has 0 spiro atoms. The van der Waals surface area contributed by atoms with E-state index in [0.717, 1.165) is 17.5 Å². The van der Waals surface area contributed by atoms with Gasteiger partial charge in [-0.05, 0) is 90.3 Å². The molecule has 1 amide bonds. The number of benzene rings is 4. The summed E-state index contributed by atoms with van der Waals surface area (Å²) in [6, 6.07) is 30.3. The Kier molecular flexibility index (Phi) is 9.23. The first-order valence-electron chi connectivity index (χ1n) is 12.3. The molecule has 7 nitrogen and oxygen atoms in total. The SMILES string of the molecule is CCCOc1ccc(C(=O)Oc2ccc(/C=N\NC(=O)c3ccc(OCc4ccccc4)cc3)cc2)cc1. The Morgan fingerprint density at radius 3 is 2.00 bits per heavy atom. The summed E-state index contributed by atoms with van der Waals surface area (Å²) in [6.07, 6.45) is 2.42. The maximum Gasteiger partial charge on any atom is 0.343 e. The van der Waals surface area contributed by atoms with Gasteiger partial charge in [0.1, 0.15) is 23.9 Å². The van der Waals surface area contributed by atoms with Crippen LogP contribution >= 0.6 is 0 Å². The lowest BCUT2D eigenvalue weighted by molar-refractivity contribution is 0.0734. The lowest BCUT2D eigenvalue weighted by Gasteiger charge is -2.07. The molecule has 0 bridgehead atoms. The minimum absolute atomic E-state index is 0.340. The van der Waals surface area contributed by atoms with Crippen LogP contribution < -0.4 is 19.6 Å². The Labute approximate surface area is 221 Å². The molecule has 0 saturated carbocycles. The minimum atomic E-state index is -0.461. The first-order valence-corrected chi connectivity index (χ1v) is 12.3. The first kappa shape index (κ1) is 26.2. The molecule has 0 aliphatic heterocycles. The molecule has 4 aromatic rings. The number of carbonyl (C=O) groups is 2. The number of hydrogen-bond donors (Lipinski definition) is 1. The van der Waals surface area contributed by atoms with E-state index in [4.69, 9.17) is 14.2 Å². The average Bonchev–Trinajstić information content (AvgIpc) is 2.97. The number of nitrogens with zero attached hydrogens (tertiary/aromatic N) is 1. The van der Waals surface area contributed by atoms with Crippen molar-refractivity contribution in [2.45, 2.75) is 20.0 Å². The van der Waals surface area contributed by atoms with Crippen molar-refractivity contribution in [3.63, 3.8) is 0 Å². The van der Waals surface area contributed by atoms with Crippen LogP contribution in [0.3, 0.4) is 0 Å². The van der Waals surface area contributed by atoms with Crippen molar-refractivity contribution < 1.29 is 23.8 Å². The second kappa shape index (κ2) is 13.4. The highest BCUT2D eigenvalue weighted by Crippen LogP contribution is 2.17. The van der Waals surface area contributed by atoms with Gasteiger partial charge in [0.15, 0.2) is 0 Å². The van der Waals surface area contributed by atoms with Gasteiger partial charge in [-0.1, -0.05) is 37.3 Å². The topological polar surface area (TPSA) is 86.2 Å². The summed E-state index contributed by atoms with van der Waals surface area (Å²) in [5, 5.41) is 4.01. The molecule has 4 rings (SSSR count). The predicted molar refractivity (Wildman–Crippen MR) is 146 cm³/mol. The van der Waals surface area contributed by atoms with E-state index in [1.807, 2.05) is 37.3 Å². The van der Waals surface area contributed by atoms with E-state index < -0.39 is 5.97 Å². The van der Waals surface area contributed by atoms with Crippen LogP contribution in [-0.2, 0) is 6.61 Å². The Morgan fingerprint density at radius 2 is 1.34 bits per heavy atom.